The van der Waals surface area contributed by atoms with Crippen LogP contribution >= 0.6 is 0 Å². The zero-order valence-corrected chi connectivity index (χ0v) is 15.4. The van der Waals surface area contributed by atoms with E-state index in [1.54, 1.807) is 19.2 Å². The molecule has 2 heterocycles. The zero-order chi connectivity index (χ0) is 18.7. The highest BCUT2D eigenvalue weighted by Crippen LogP contribution is 2.27. The molecule has 0 radical (unpaired) electrons. The molecule has 1 aromatic heterocycles. The van der Waals surface area contributed by atoms with E-state index in [0.29, 0.717) is 12.5 Å². The number of aliphatic hydroxyl groups excluding tert-OH is 1. The fraction of sp³-hybridized carbons (Fsp3) is 0.625. The van der Waals surface area contributed by atoms with Gasteiger partial charge in [0.2, 0.25) is 5.91 Å². The van der Waals surface area contributed by atoms with E-state index in [9.17, 15) is 18.3 Å². The number of hydrogen-bond acceptors (Lipinski definition) is 6. The van der Waals surface area contributed by atoms with Gasteiger partial charge in [0.25, 0.3) is 10.0 Å². The fourth-order valence-electron chi connectivity index (χ4n) is 2.71. The van der Waals surface area contributed by atoms with Gasteiger partial charge in [-0.05, 0) is 18.8 Å². The minimum atomic E-state index is -3.84. The number of aryl methyl sites for hydroxylation is 1. The van der Waals surface area contributed by atoms with Crippen LogP contribution in [0.2, 0.25) is 0 Å². The fourth-order valence-corrected chi connectivity index (χ4v) is 3.91. The Labute approximate surface area is 152 Å². The average Bonchev–Trinajstić information content (AvgIpc) is 3.32. The van der Waals surface area contributed by atoms with Crippen molar-refractivity contribution >= 4 is 15.9 Å². The summed E-state index contributed by atoms with van der Waals surface area (Å²) in [6.07, 6.45) is 7.22. The first kappa shape index (κ1) is 19.0. The lowest BCUT2D eigenvalue weighted by molar-refractivity contribution is -0.125. The van der Waals surface area contributed by atoms with Gasteiger partial charge in [-0.25, -0.2) is 18.1 Å². The SMILES string of the molecule is Cn1cnc(S(=O)(=O)N[C@H]2C=C[C@@H](CC(=O)NCC3CC3)O[C@H]2CO)c1. The third-order valence-corrected chi connectivity index (χ3v) is 5.73. The molecule has 3 N–H and O–H groups in total. The molecule has 0 aromatic carbocycles. The monoisotopic (exact) mass is 384 g/mol. The minimum absolute atomic E-state index is 0.105. The highest BCUT2D eigenvalue weighted by molar-refractivity contribution is 7.89. The number of aliphatic hydroxyl groups is 1. The second-order valence-electron chi connectivity index (χ2n) is 6.76. The van der Waals surface area contributed by atoms with E-state index in [0.717, 1.165) is 12.8 Å². The topological polar surface area (TPSA) is 123 Å². The van der Waals surface area contributed by atoms with Crippen LogP contribution in [0.3, 0.4) is 0 Å². The summed E-state index contributed by atoms with van der Waals surface area (Å²) in [6, 6.07) is -0.738. The van der Waals surface area contributed by atoms with Gasteiger partial charge in [0.05, 0.1) is 31.5 Å². The Morgan fingerprint density at radius 1 is 1.42 bits per heavy atom. The molecule has 3 atom stereocenters. The van der Waals surface area contributed by atoms with Crippen molar-refractivity contribution in [1.29, 1.82) is 0 Å². The summed E-state index contributed by atoms with van der Waals surface area (Å²) in [5, 5.41) is 12.3. The van der Waals surface area contributed by atoms with Crippen LogP contribution in [0.25, 0.3) is 0 Å². The molecular weight excluding hydrogens is 360 g/mol. The van der Waals surface area contributed by atoms with E-state index < -0.39 is 28.3 Å². The van der Waals surface area contributed by atoms with Crippen LogP contribution in [0.4, 0.5) is 0 Å². The lowest BCUT2D eigenvalue weighted by atomic mass is 10.1. The van der Waals surface area contributed by atoms with E-state index >= 15 is 0 Å². The van der Waals surface area contributed by atoms with Crippen LogP contribution < -0.4 is 10.0 Å². The van der Waals surface area contributed by atoms with Gasteiger partial charge < -0.3 is 19.7 Å². The zero-order valence-electron chi connectivity index (χ0n) is 14.5. The van der Waals surface area contributed by atoms with Gasteiger partial charge in [-0.1, -0.05) is 12.2 Å². The van der Waals surface area contributed by atoms with E-state index in [2.05, 4.69) is 15.0 Å². The highest BCUT2D eigenvalue weighted by Gasteiger charge is 2.32. The van der Waals surface area contributed by atoms with Crippen molar-refractivity contribution in [3.63, 3.8) is 0 Å². The Morgan fingerprint density at radius 2 is 2.19 bits per heavy atom. The maximum absolute atomic E-state index is 12.4. The predicted octanol–water partition coefficient (Wildman–Crippen LogP) is -0.701. The molecule has 10 heteroatoms. The molecule has 2 aliphatic rings. The second kappa shape index (κ2) is 7.87. The molecule has 1 amide bonds. The van der Waals surface area contributed by atoms with Gasteiger partial charge in [0, 0.05) is 19.8 Å². The van der Waals surface area contributed by atoms with Gasteiger partial charge in [-0.15, -0.1) is 0 Å². The van der Waals surface area contributed by atoms with Crippen LogP contribution in [-0.4, -0.2) is 60.4 Å². The maximum Gasteiger partial charge on any atom is 0.260 e. The molecule has 1 aliphatic carbocycles. The van der Waals surface area contributed by atoms with Crippen LogP contribution in [0.1, 0.15) is 19.3 Å². The number of nitrogens with one attached hydrogen (secondary N) is 2. The first-order valence-electron chi connectivity index (χ1n) is 8.59. The van der Waals surface area contributed by atoms with Crippen molar-refractivity contribution in [2.45, 2.75) is 42.5 Å². The number of carbonyl (C=O) groups excluding carboxylic acids is 1. The number of sulfonamides is 1. The van der Waals surface area contributed by atoms with E-state index in [1.165, 1.54) is 17.1 Å². The number of ether oxygens (including phenoxy) is 1. The summed E-state index contributed by atoms with van der Waals surface area (Å²) in [7, 11) is -2.17. The third kappa shape index (κ3) is 4.91. The molecular formula is C16H24N4O5S. The number of rotatable bonds is 8. The molecule has 3 rings (SSSR count). The lowest BCUT2D eigenvalue weighted by Crippen LogP contribution is -2.49. The van der Waals surface area contributed by atoms with Crippen LogP contribution in [0.5, 0.6) is 0 Å². The average molecular weight is 384 g/mol. The summed E-state index contributed by atoms with van der Waals surface area (Å²) in [6.45, 7) is 0.311. The van der Waals surface area contributed by atoms with Crippen LogP contribution in [0.15, 0.2) is 29.7 Å². The first-order chi connectivity index (χ1) is 12.4. The van der Waals surface area contributed by atoms with Crippen molar-refractivity contribution in [3.05, 3.63) is 24.7 Å². The smallest absolute Gasteiger partial charge is 0.260 e. The minimum Gasteiger partial charge on any atom is -0.394 e. The van der Waals surface area contributed by atoms with Gasteiger partial charge in [-0.2, -0.15) is 0 Å². The van der Waals surface area contributed by atoms with Crippen LogP contribution in [0, 0.1) is 5.92 Å². The van der Waals surface area contributed by atoms with Crippen molar-refractivity contribution in [3.8, 4) is 0 Å². The molecule has 26 heavy (non-hydrogen) atoms. The summed E-state index contributed by atoms with van der Waals surface area (Å²) < 4.78 is 34.4. The Hall–Kier alpha value is -1.75. The molecule has 1 fully saturated rings. The van der Waals surface area contributed by atoms with Crippen molar-refractivity contribution in [2.24, 2.45) is 13.0 Å². The summed E-state index contributed by atoms with van der Waals surface area (Å²) in [4.78, 5) is 15.8. The molecule has 9 nitrogen and oxygen atoms in total. The molecule has 1 saturated carbocycles. The van der Waals surface area contributed by atoms with Crippen molar-refractivity contribution in [1.82, 2.24) is 19.6 Å². The Balaban J connectivity index is 1.59. The van der Waals surface area contributed by atoms with Crippen LogP contribution in [-0.2, 0) is 26.6 Å². The molecule has 1 aromatic rings. The maximum atomic E-state index is 12.4. The standard InChI is InChI=1S/C16H24N4O5S/c1-20-8-16(18-10-20)26(23,24)19-13-5-4-12(25-14(13)9-21)6-15(22)17-7-11-2-3-11/h4-5,8,10-14,19,21H,2-3,6-7,9H2,1H3,(H,17,22)/t12-,13-,14-/m0/s1. The number of hydrogen-bond donors (Lipinski definition) is 3. The van der Waals surface area contributed by atoms with Gasteiger partial charge in [0.15, 0.2) is 5.03 Å². The van der Waals surface area contributed by atoms with E-state index in [1.807, 2.05) is 0 Å². The lowest BCUT2D eigenvalue weighted by Gasteiger charge is -2.31. The normalized spacial score (nSPS) is 26.0. The molecule has 0 bridgehead atoms. The van der Waals surface area contributed by atoms with Gasteiger partial charge in [-0.3, -0.25) is 4.79 Å². The number of imidazole rings is 1. The quantitative estimate of drug-likeness (QED) is 0.510. The third-order valence-electron chi connectivity index (χ3n) is 4.38. The summed E-state index contributed by atoms with van der Waals surface area (Å²) in [5.74, 6) is 0.480. The largest absolute Gasteiger partial charge is 0.394 e. The number of aromatic nitrogens is 2. The Morgan fingerprint density at radius 3 is 2.81 bits per heavy atom. The summed E-state index contributed by atoms with van der Waals surface area (Å²) in [5.41, 5.74) is 0. The first-order valence-corrected chi connectivity index (χ1v) is 10.1. The van der Waals surface area contributed by atoms with Gasteiger partial charge in [0.1, 0.15) is 6.10 Å². The Bertz CT molecular complexity index is 771. The second-order valence-corrected chi connectivity index (χ2v) is 8.42. The highest BCUT2D eigenvalue weighted by atomic mass is 32.2. The van der Waals surface area contributed by atoms with Crippen molar-refractivity contribution < 1.29 is 23.1 Å². The van der Waals surface area contributed by atoms with E-state index in [4.69, 9.17) is 4.74 Å². The number of nitrogens with zero attached hydrogens (tertiary/aromatic N) is 2. The number of carbonyl (C=O) groups is 1. The number of amides is 1. The van der Waals surface area contributed by atoms with Crippen molar-refractivity contribution in [2.75, 3.05) is 13.2 Å². The Kier molecular flexibility index (Phi) is 5.76. The molecule has 144 valence electrons. The molecule has 0 unspecified atom stereocenters. The van der Waals surface area contributed by atoms with E-state index in [-0.39, 0.29) is 24.0 Å². The summed E-state index contributed by atoms with van der Waals surface area (Å²) >= 11 is 0. The molecule has 0 spiro atoms. The molecule has 0 saturated heterocycles. The molecule has 1 aliphatic heterocycles. The predicted molar refractivity (Wildman–Crippen MR) is 92.6 cm³/mol. The van der Waals surface area contributed by atoms with Gasteiger partial charge >= 0.3 is 0 Å².